The summed E-state index contributed by atoms with van der Waals surface area (Å²) in [5, 5.41) is 19.6. The largest absolute Gasteiger partial charge is 0.491 e. The molecule has 1 atom stereocenters. The summed E-state index contributed by atoms with van der Waals surface area (Å²) in [6.45, 7) is 5.75. The lowest BCUT2D eigenvalue weighted by Gasteiger charge is -2.28. The predicted octanol–water partition coefficient (Wildman–Crippen LogP) is 3.44. The molecule has 0 aliphatic carbocycles. The van der Waals surface area contributed by atoms with Gasteiger partial charge in [-0.15, -0.1) is 0 Å². The molecule has 6 nitrogen and oxygen atoms in total. The standard InChI is InChI=1S/C25H34N4O2/c30-23(19-28-14-6-1-7-15-28)20-31-25-12-5-3-10-22(25)17-26-13-8-16-29-24-11-4-2-9-21(24)18-27-29/h2-5,9-12,18,23,26,30H,1,6-8,13-17,19-20H2. The van der Waals surface area contributed by atoms with Crippen LogP contribution in [0.2, 0.25) is 0 Å². The fourth-order valence-corrected chi connectivity index (χ4v) is 4.25. The third-order valence-corrected chi connectivity index (χ3v) is 5.91. The molecule has 1 aliphatic rings. The van der Waals surface area contributed by atoms with Crippen LogP contribution in [0.4, 0.5) is 0 Å². The summed E-state index contributed by atoms with van der Waals surface area (Å²) in [7, 11) is 0. The van der Waals surface area contributed by atoms with Gasteiger partial charge in [0.25, 0.3) is 0 Å². The molecule has 166 valence electrons. The molecule has 4 rings (SSSR count). The van der Waals surface area contributed by atoms with Crippen molar-refractivity contribution >= 4 is 10.9 Å². The van der Waals surface area contributed by atoms with E-state index in [1.54, 1.807) is 0 Å². The summed E-state index contributed by atoms with van der Waals surface area (Å²) in [5.74, 6) is 0.853. The Hall–Kier alpha value is -2.41. The second-order valence-electron chi connectivity index (χ2n) is 8.39. The molecule has 2 aromatic carbocycles. The average molecular weight is 423 g/mol. The van der Waals surface area contributed by atoms with Crippen molar-refractivity contribution in [3.8, 4) is 5.75 Å². The van der Waals surface area contributed by atoms with Crippen molar-refractivity contribution in [1.82, 2.24) is 20.0 Å². The number of aromatic nitrogens is 2. The number of benzene rings is 2. The summed E-state index contributed by atoms with van der Waals surface area (Å²) in [6, 6.07) is 16.4. The van der Waals surface area contributed by atoms with Crippen LogP contribution in [0, 0.1) is 0 Å². The fraction of sp³-hybridized carbons (Fsp3) is 0.480. The van der Waals surface area contributed by atoms with Crippen LogP contribution in [0.25, 0.3) is 10.9 Å². The quantitative estimate of drug-likeness (QED) is 0.464. The average Bonchev–Trinajstić information content (AvgIpc) is 3.22. The van der Waals surface area contributed by atoms with Crippen LogP contribution < -0.4 is 10.1 Å². The van der Waals surface area contributed by atoms with Gasteiger partial charge in [0.05, 0.1) is 11.7 Å². The molecule has 2 N–H and O–H groups in total. The summed E-state index contributed by atoms with van der Waals surface area (Å²) in [5.41, 5.74) is 2.31. The second-order valence-corrected chi connectivity index (χ2v) is 8.39. The van der Waals surface area contributed by atoms with Gasteiger partial charge in [-0.3, -0.25) is 4.68 Å². The number of aliphatic hydroxyl groups is 1. The molecule has 1 saturated heterocycles. The Morgan fingerprint density at radius 1 is 1.03 bits per heavy atom. The van der Waals surface area contributed by atoms with Crippen molar-refractivity contribution in [3.05, 3.63) is 60.3 Å². The first-order valence-corrected chi connectivity index (χ1v) is 11.5. The SMILES string of the molecule is OC(COc1ccccc1CNCCCn1ncc2ccccc21)CN1CCCCC1. The molecule has 1 unspecified atom stereocenters. The molecule has 1 aromatic heterocycles. The molecule has 0 spiro atoms. The molecule has 0 bridgehead atoms. The van der Waals surface area contributed by atoms with Crippen molar-refractivity contribution in [2.45, 2.75) is 44.9 Å². The minimum Gasteiger partial charge on any atom is -0.491 e. The summed E-state index contributed by atoms with van der Waals surface area (Å²) in [4.78, 5) is 2.34. The zero-order valence-corrected chi connectivity index (χ0v) is 18.2. The Morgan fingerprint density at radius 3 is 2.74 bits per heavy atom. The van der Waals surface area contributed by atoms with E-state index in [9.17, 15) is 5.11 Å². The van der Waals surface area contributed by atoms with Crippen LogP contribution in [0.5, 0.6) is 5.75 Å². The van der Waals surface area contributed by atoms with E-state index in [2.05, 4.69) is 44.3 Å². The molecule has 0 amide bonds. The minimum absolute atomic E-state index is 0.333. The van der Waals surface area contributed by atoms with Gasteiger partial charge >= 0.3 is 0 Å². The number of para-hydroxylation sites is 2. The highest BCUT2D eigenvalue weighted by atomic mass is 16.5. The monoisotopic (exact) mass is 422 g/mol. The molecular formula is C25H34N4O2. The lowest BCUT2D eigenvalue weighted by Crippen LogP contribution is -2.38. The van der Waals surface area contributed by atoms with Gasteiger partial charge in [-0.1, -0.05) is 42.8 Å². The maximum atomic E-state index is 10.4. The van der Waals surface area contributed by atoms with Gasteiger partial charge in [0.1, 0.15) is 18.5 Å². The van der Waals surface area contributed by atoms with Crippen molar-refractivity contribution in [2.24, 2.45) is 0 Å². The van der Waals surface area contributed by atoms with Gasteiger partial charge < -0.3 is 20.1 Å². The van der Waals surface area contributed by atoms with Gasteiger partial charge in [0.2, 0.25) is 0 Å². The van der Waals surface area contributed by atoms with E-state index < -0.39 is 6.10 Å². The summed E-state index contributed by atoms with van der Waals surface area (Å²) >= 11 is 0. The molecule has 0 saturated carbocycles. The van der Waals surface area contributed by atoms with Crippen LogP contribution >= 0.6 is 0 Å². The summed E-state index contributed by atoms with van der Waals surface area (Å²) < 4.78 is 8.04. The van der Waals surface area contributed by atoms with E-state index >= 15 is 0 Å². The Labute approximate surface area is 184 Å². The fourth-order valence-electron chi connectivity index (χ4n) is 4.25. The number of likely N-dealkylation sites (tertiary alicyclic amines) is 1. The Morgan fingerprint density at radius 2 is 1.84 bits per heavy atom. The maximum absolute atomic E-state index is 10.4. The van der Waals surface area contributed by atoms with E-state index in [1.807, 2.05) is 30.5 Å². The first kappa shape index (κ1) is 21.8. The van der Waals surface area contributed by atoms with Crippen molar-refractivity contribution in [2.75, 3.05) is 32.8 Å². The Bertz CT molecular complexity index is 936. The first-order valence-electron chi connectivity index (χ1n) is 11.5. The van der Waals surface area contributed by atoms with Crippen LogP contribution in [-0.4, -0.2) is 58.7 Å². The van der Waals surface area contributed by atoms with Crippen molar-refractivity contribution in [1.29, 1.82) is 0 Å². The molecule has 3 aromatic rings. The van der Waals surface area contributed by atoms with Crippen LogP contribution in [0.15, 0.2) is 54.7 Å². The number of rotatable bonds is 11. The number of fused-ring (bicyclic) bond motifs is 1. The van der Waals surface area contributed by atoms with E-state index in [0.717, 1.165) is 50.5 Å². The maximum Gasteiger partial charge on any atom is 0.123 e. The van der Waals surface area contributed by atoms with Gasteiger partial charge in [0, 0.05) is 30.6 Å². The molecule has 1 aliphatic heterocycles. The Kier molecular flexibility index (Phi) is 7.93. The predicted molar refractivity (Wildman–Crippen MR) is 124 cm³/mol. The van der Waals surface area contributed by atoms with Crippen molar-refractivity contribution in [3.63, 3.8) is 0 Å². The lowest BCUT2D eigenvalue weighted by atomic mass is 10.1. The number of piperidine rings is 1. The van der Waals surface area contributed by atoms with Gasteiger partial charge in [-0.25, -0.2) is 0 Å². The number of ether oxygens (including phenoxy) is 1. The van der Waals surface area contributed by atoms with E-state index in [-0.39, 0.29) is 0 Å². The smallest absolute Gasteiger partial charge is 0.123 e. The first-order chi connectivity index (χ1) is 15.3. The normalized spacial score (nSPS) is 15.9. The molecule has 0 radical (unpaired) electrons. The highest BCUT2D eigenvalue weighted by Gasteiger charge is 2.15. The van der Waals surface area contributed by atoms with Gasteiger partial charge in [-0.05, 0) is 51.0 Å². The molecular weight excluding hydrogens is 388 g/mol. The van der Waals surface area contributed by atoms with Crippen LogP contribution in [0.1, 0.15) is 31.2 Å². The number of hydrogen-bond donors (Lipinski definition) is 2. The molecule has 6 heteroatoms. The zero-order chi connectivity index (χ0) is 21.3. The van der Waals surface area contributed by atoms with Gasteiger partial charge in [0.15, 0.2) is 0 Å². The highest BCUT2D eigenvalue weighted by molar-refractivity contribution is 5.78. The number of nitrogens with one attached hydrogen (secondary N) is 1. The van der Waals surface area contributed by atoms with Crippen molar-refractivity contribution < 1.29 is 9.84 Å². The number of hydrogen-bond acceptors (Lipinski definition) is 5. The van der Waals surface area contributed by atoms with Gasteiger partial charge in [-0.2, -0.15) is 5.10 Å². The number of aryl methyl sites for hydroxylation is 1. The molecule has 1 fully saturated rings. The van der Waals surface area contributed by atoms with Crippen LogP contribution in [-0.2, 0) is 13.1 Å². The van der Waals surface area contributed by atoms with E-state index in [0.29, 0.717) is 13.2 Å². The highest BCUT2D eigenvalue weighted by Crippen LogP contribution is 2.18. The number of aliphatic hydroxyl groups excluding tert-OH is 1. The van der Waals surface area contributed by atoms with E-state index in [1.165, 1.54) is 30.2 Å². The third-order valence-electron chi connectivity index (χ3n) is 5.91. The minimum atomic E-state index is -0.456. The summed E-state index contributed by atoms with van der Waals surface area (Å²) in [6.07, 6.45) is 6.25. The zero-order valence-electron chi connectivity index (χ0n) is 18.2. The topological polar surface area (TPSA) is 62.6 Å². The second kappa shape index (κ2) is 11.3. The lowest BCUT2D eigenvalue weighted by molar-refractivity contribution is 0.0614. The number of β-amino-alcohol motifs (C(OH)–C–C–N with tert-alkyl or cyclic N) is 1. The third kappa shape index (κ3) is 6.29. The number of nitrogens with zero attached hydrogens (tertiary/aromatic N) is 3. The van der Waals surface area contributed by atoms with E-state index in [4.69, 9.17) is 4.74 Å². The Balaban J connectivity index is 1.19. The van der Waals surface area contributed by atoms with Crippen LogP contribution in [0.3, 0.4) is 0 Å². The molecule has 31 heavy (non-hydrogen) atoms. The molecule has 2 heterocycles.